The van der Waals surface area contributed by atoms with Crippen molar-refractivity contribution in [1.29, 1.82) is 0 Å². The molecule has 4 heterocycles. The van der Waals surface area contributed by atoms with Crippen LogP contribution in [0.2, 0.25) is 0 Å². The van der Waals surface area contributed by atoms with Gasteiger partial charge in [0.15, 0.2) is 0 Å². The Morgan fingerprint density at radius 3 is 1.32 bits per heavy atom. The van der Waals surface area contributed by atoms with Crippen LogP contribution in [0.4, 0.5) is 51.2 Å². The van der Waals surface area contributed by atoms with Crippen molar-refractivity contribution in [1.82, 2.24) is 4.57 Å². The highest BCUT2D eigenvalue weighted by Crippen LogP contribution is 2.55. The molecule has 16 aromatic rings. The van der Waals surface area contributed by atoms with Gasteiger partial charge in [-0.05, 0) is 203 Å². The lowest BCUT2D eigenvalue weighted by atomic mass is 9.34. The van der Waals surface area contributed by atoms with Crippen LogP contribution < -0.4 is 35.8 Å². The summed E-state index contributed by atoms with van der Waals surface area (Å²) in [5.41, 5.74) is 24.2. The molecule has 18 rings (SSSR count). The molecule has 0 unspecified atom stereocenters. The number of ether oxygens (including phenoxy) is 1. The molecule has 0 radical (unpaired) electrons. The van der Waals surface area contributed by atoms with E-state index in [-0.39, 0.29) is 44.8 Å². The fourth-order valence-corrected chi connectivity index (χ4v) is 18.1. The van der Waals surface area contributed by atoms with Crippen LogP contribution in [-0.2, 0) is 27.1 Å². The van der Waals surface area contributed by atoms with Gasteiger partial charge >= 0.3 is 0 Å². The lowest BCUT2D eigenvalue weighted by Crippen LogP contribution is -2.59. The average molecular weight is 1460 g/mol. The fraction of sp³-hybridized carbons (Fsp3) is 0.192. The Labute approximate surface area is 666 Å². The van der Waals surface area contributed by atoms with Crippen LogP contribution in [0.5, 0.6) is 11.5 Å². The van der Waals surface area contributed by atoms with Gasteiger partial charge in [0.2, 0.25) is 0 Å². The molecule has 0 amide bonds. The van der Waals surface area contributed by atoms with E-state index in [1.807, 2.05) is 17.0 Å². The molecule has 0 aliphatic carbocycles. The predicted octanol–water partition coefficient (Wildman–Crippen LogP) is 28.0. The molecule has 14 aromatic carbocycles. The van der Waals surface area contributed by atoms with Gasteiger partial charge < -0.3 is 24.0 Å². The van der Waals surface area contributed by atoms with Gasteiger partial charge in [-0.2, -0.15) is 0 Å². The molecule has 546 valence electrons. The van der Waals surface area contributed by atoms with E-state index >= 15 is 0 Å². The topological polar surface area (TPSA) is 23.9 Å². The van der Waals surface area contributed by atoms with Gasteiger partial charge in [0, 0.05) is 94.0 Å². The van der Waals surface area contributed by atoms with Gasteiger partial charge in [-0.3, -0.25) is 0 Å². The number of aromatic nitrogens is 1. The molecule has 0 saturated carbocycles. The Morgan fingerprint density at radius 1 is 0.360 bits per heavy atom. The summed E-state index contributed by atoms with van der Waals surface area (Å²) < 4.78 is 60.7. The number of thiophene rings is 1. The van der Waals surface area contributed by atoms with Crippen molar-refractivity contribution in [2.45, 2.75) is 131 Å². The minimum absolute atomic E-state index is 0.0334. The number of rotatable bonds is 11. The highest BCUT2D eigenvalue weighted by molar-refractivity contribution is 7.28. The summed E-state index contributed by atoms with van der Waals surface area (Å²) >= 11 is 1.80. The van der Waals surface area contributed by atoms with Gasteiger partial charge in [0.05, 0.1) is 34.9 Å². The number of hydrogen-bond acceptors (Lipinski definition) is 5. The zero-order chi connectivity index (χ0) is 81.1. The van der Waals surface area contributed by atoms with Gasteiger partial charge in [-0.1, -0.05) is 286 Å². The number of hydrogen-bond donors (Lipinski definition) is 0. The molecule has 0 fully saturated rings. The number of anilines is 9. The maximum atomic E-state index is 9.97. The molecular formula is C104H95BN4OS. The number of nitrogens with zero attached hydrogens (tertiary/aromatic N) is 4. The molecule has 7 heteroatoms. The van der Waals surface area contributed by atoms with E-state index in [2.05, 4.69) is 379 Å². The first-order chi connectivity index (χ1) is 55.3. The van der Waals surface area contributed by atoms with Gasteiger partial charge in [0.25, 0.3) is 6.71 Å². The summed E-state index contributed by atoms with van der Waals surface area (Å²) in [7, 11) is 0. The molecule has 0 spiro atoms. The quantitative estimate of drug-likeness (QED) is 0.120. The van der Waals surface area contributed by atoms with Crippen LogP contribution in [-0.4, -0.2) is 11.3 Å². The van der Waals surface area contributed by atoms with Gasteiger partial charge in [0.1, 0.15) is 11.5 Å². The minimum Gasteiger partial charge on any atom is -0.458 e. The maximum absolute atomic E-state index is 9.97. The zero-order valence-corrected chi connectivity index (χ0v) is 67.0. The van der Waals surface area contributed by atoms with E-state index in [1.54, 1.807) is 11.3 Å². The van der Waals surface area contributed by atoms with Gasteiger partial charge in [-0.25, -0.2) is 0 Å². The molecule has 2 aliphatic rings. The number of fused-ring (bicyclic) bond motifs is 11. The van der Waals surface area contributed by atoms with E-state index in [0.29, 0.717) is 17.1 Å². The first-order valence-electron chi connectivity index (χ1n) is 41.5. The van der Waals surface area contributed by atoms with E-state index < -0.39 is 24.8 Å². The summed E-state index contributed by atoms with van der Waals surface area (Å²) in [6.07, 6.45) is 0. The zero-order valence-electron chi connectivity index (χ0n) is 71.2. The Kier molecular flexibility index (Phi) is 15.6. The third kappa shape index (κ3) is 12.5. The normalized spacial score (nSPS) is 13.7. The van der Waals surface area contributed by atoms with Crippen LogP contribution in [0, 0.1) is 0 Å². The second-order valence-corrected chi connectivity index (χ2v) is 36.5. The Balaban J connectivity index is 1.03. The van der Waals surface area contributed by atoms with Crippen LogP contribution >= 0.6 is 11.3 Å². The summed E-state index contributed by atoms with van der Waals surface area (Å²) in [5, 5.41) is 4.54. The Morgan fingerprint density at radius 2 is 0.811 bits per heavy atom. The second kappa shape index (κ2) is 26.6. The molecule has 2 aliphatic heterocycles. The van der Waals surface area contributed by atoms with Gasteiger partial charge in [-0.15, -0.1) is 11.3 Å². The maximum Gasteiger partial charge on any atom is 0.258 e. The van der Waals surface area contributed by atoms with E-state index in [1.165, 1.54) is 22.3 Å². The highest BCUT2D eigenvalue weighted by atomic mass is 32.1. The predicted molar refractivity (Wildman–Crippen MR) is 479 cm³/mol. The van der Waals surface area contributed by atoms with Crippen molar-refractivity contribution in [3.8, 4) is 50.6 Å². The molecule has 0 atom stereocenters. The summed E-state index contributed by atoms with van der Waals surface area (Å²) in [4.78, 5) is 6.83. The first-order valence-corrected chi connectivity index (χ1v) is 39.8. The van der Waals surface area contributed by atoms with Crippen LogP contribution in [0.3, 0.4) is 0 Å². The second-order valence-electron chi connectivity index (χ2n) is 35.5. The molecule has 5 nitrogen and oxygen atoms in total. The lowest BCUT2D eigenvalue weighted by molar-refractivity contribution is 0.488. The minimum atomic E-state index is -0.514. The van der Waals surface area contributed by atoms with Crippen molar-refractivity contribution in [2.24, 2.45) is 0 Å². The third-order valence-electron chi connectivity index (χ3n) is 22.9. The van der Waals surface area contributed by atoms with Crippen molar-refractivity contribution in [2.75, 3.05) is 14.7 Å². The Hall–Kier alpha value is -11.6. The summed E-state index contributed by atoms with van der Waals surface area (Å²) in [5.74, 6) is 1.42. The van der Waals surface area contributed by atoms with Crippen molar-refractivity contribution >= 4 is 128 Å². The smallest absolute Gasteiger partial charge is 0.258 e. The van der Waals surface area contributed by atoms with E-state index in [9.17, 15) is 5.48 Å². The SMILES string of the molecule is [2H]c1c([2H])c([2H])c(N(c2ccc(C(C)(C)C)cc2)c2ccc3c(c2)N(c2c(-c4ccccc4)cc(-c4ccccc4)cc2-c2ccccc2)c2cc(-n4c5ccc(C(C)(C)C)cc5c5cc(C(C)(C)C)ccc54)cc4c2B3c2c(cc(N(c3ccc(C(C)(C)C)cc3)c3ccc(C(C)(C)C)cc3)c3c2sc2ccccc23)O4)c([2H])c1[2H]. The summed E-state index contributed by atoms with van der Waals surface area (Å²) in [6, 6.07) is 98.0. The standard InChI is InChI=1S/C104H95BN4OS/c1-100(2,3)70-40-48-76(49-41-70)106(75-36-26-19-27-37-75)79-54-55-86-89(62-79)109(98-82(67-32-22-17-23-33-67)58-69(66-30-20-16-21-31-66)59-83(98)68-34-24-18-25-35-68)91-63-80(108-87-56-46-73(103(10,11)12)60-84(87)85-61-74(104(13,14)15)47-57-88(85)108)64-92-96(91)105(86)97-93(110-92)65-90(95-81-38-28-29-39-94(81)111-99(95)97)107(77-50-42-71(43-51-77)101(4,5)6)78-52-44-72(45-53-78)102(7,8)9/h16-65H,1-15H3/i19D,26D,27D,36D,37D. The van der Waals surface area contributed by atoms with Crippen LogP contribution in [0.25, 0.3) is 81.0 Å². The number of para-hydroxylation sites is 1. The molecule has 111 heavy (non-hydrogen) atoms. The van der Waals surface area contributed by atoms with Crippen molar-refractivity contribution < 1.29 is 11.6 Å². The largest absolute Gasteiger partial charge is 0.458 e. The molecule has 0 saturated heterocycles. The fourth-order valence-electron chi connectivity index (χ4n) is 16.9. The average Bonchev–Trinajstić information content (AvgIpc) is 1.17. The lowest BCUT2D eigenvalue weighted by Gasteiger charge is -2.43. The highest BCUT2D eigenvalue weighted by Gasteiger charge is 2.46. The first kappa shape index (κ1) is 65.3. The molecule has 2 aromatic heterocycles. The number of benzene rings is 14. The van der Waals surface area contributed by atoms with Crippen LogP contribution in [0.15, 0.2) is 303 Å². The Bertz CT molecular complexity index is 6400. The monoisotopic (exact) mass is 1460 g/mol. The van der Waals surface area contributed by atoms with Crippen molar-refractivity contribution in [3.05, 3.63) is 331 Å². The molecule has 0 N–H and O–H groups in total. The van der Waals surface area contributed by atoms with Crippen LogP contribution in [0.1, 0.15) is 139 Å². The third-order valence-corrected chi connectivity index (χ3v) is 24.1. The van der Waals surface area contributed by atoms with E-state index in [4.69, 9.17) is 6.11 Å². The molecular weight excluding hydrogens is 1360 g/mol. The van der Waals surface area contributed by atoms with Crippen molar-refractivity contribution in [3.63, 3.8) is 0 Å². The molecule has 0 bridgehead atoms. The summed E-state index contributed by atoms with van der Waals surface area (Å²) in [6.45, 7) is 33.4. The van der Waals surface area contributed by atoms with E-state index in [0.717, 1.165) is 143 Å².